The maximum Gasteiger partial charge on any atom is 0.311 e. The molecule has 0 saturated carbocycles. The molecule has 1 aromatic carbocycles. The number of methoxy groups -OCH3 is 1. The van der Waals surface area contributed by atoms with E-state index in [2.05, 4.69) is 15.9 Å². The van der Waals surface area contributed by atoms with Crippen LogP contribution in [0.15, 0.2) is 16.6 Å². The highest BCUT2D eigenvalue weighted by Gasteiger charge is 2.15. The summed E-state index contributed by atoms with van der Waals surface area (Å²) in [5, 5.41) is 0. The number of aldehydes is 1. The van der Waals surface area contributed by atoms with Crippen molar-refractivity contribution >= 4 is 28.2 Å². The summed E-state index contributed by atoms with van der Waals surface area (Å²) < 4.78 is 10.9. The summed E-state index contributed by atoms with van der Waals surface area (Å²) >= 11 is 3.26. The number of hydrogen-bond donors (Lipinski definition) is 0. The lowest BCUT2D eigenvalue weighted by molar-refractivity contribution is -0.134. The molecule has 1 aromatic rings. The summed E-state index contributed by atoms with van der Waals surface area (Å²) in [5.74, 6) is 0.357. The van der Waals surface area contributed by atoms with Crippen LogP contribution in [0.25, 0.3) is 0 Å². The quantitative estimate of drug-likeness (QED) is 0.459. The number of carbonyl (C=O) groups is 2. The fourth-order valence-electron chi connectivity index (χ4n) is 1.39. The van der Waals surface area contributed by atoms with Crippen molar-refractivity contribution in [3.05, 3.63) is 22.2 Å². The Hall–Kier alpha value is -1.36. The van der Waals surface area contributed by atoms with E-state index in [1.807, 2.05) is 6.92 Å². The highest BCUT2D eigenvalue weighted by Crippen LogP contribution is 2.36. The molecule has 0 aliphatic heterocycles. The molecule has 0 radical (unpaired) electrons. The zero-order valence-corrected chi connectivity index (χ0v) is 12.0. The van der Waals surface area contributed by atoms with Crippen molar-refractivity contribution in [2.75, 3.05) is 7.11 Å². The van der Waals surface area contributed by atoms with Crippen molar-refractivity contribution in [2.24, 2.45) is 0 Å². The number of carbonyl (C=O) groups excluding carboxylic acids is 2. The average molecular weight is 315 g/mol. The standard InChI is InChI=1S/C13H15BrO4/c1-3-4-5-12(16)18-13-10(14)6-9(8-15)7-11(13)17-2/h6-8H,3-5H2,1-2H3. The van der Waals surface area contributed by atoms with E-state index < -0.39 is 0 Å². The van der Waals surface area contributed by atoms with Gasteiger partial charge in [0.15, 0.2) is 11.5 Å². The first-order chi connectivity index (χ1) is 8.62. The predicted molar refractivity (Wildman–Crippen MR) is 71.2 cm³/mol. The Balaban J connectivity index is 2.93. The van der Waals surface area contributed by atoms with Gasteiger partial charge in [-0.1, -0.05) is 13.3 Å². The van der Waals surface area contributed by atoms with Crippen LogP contribution in [0.4, 0.5) is 0 Å². The van der Waals surface area contributed by atoms with Crippen molar-refractivity contribution in [3.8, 4) is 11.5 Å². The Bertz CT molecular complexity index is 443. The van der Waals surface area contributed by atoms with Crippen molar-refractivity contribution < 1.29 is 19.1 Å². The van der Waals surface area contributed by atoms with Crippen molar-refractivity contribution in [1.29, 1.82) is 0 Å². The Morgan fingerprint density at radius 1 is 1.44 bits per heavy atom. The number of unbranched alkanes of at least 4 members (excludes halogenated alkanes) is 1. The summed E-state index contributed by atoms with van der Waals surface area (Å²) in [6.45, 7) is 2.00. The number of halogens is 1. The molecule has 0 spiro atoms. The largest absolute Gasteiger partial charge is 0.493 e. The van der Waals surface area contributed by atoms with Gasteiger partial charge in [0.25, 0.3) is 0 Å². The highest BCUT2D eigenvalue weighted by atomic mass is 79.9. The van der Waals surface area contributed by atoms with E-state index in [1.54, 1.807) is 6.07 Å². The fourth-order valence-corrected chi connectivity index (χ4v) is 1.93. The number of esters is 1. The van der Waals surface area contributed by atoms with Gasteiger partial charge in [-0.15, -0.1) is 0 Å². The normalized spacial score (nSPS) is 9.94. The van der Waals surface area contributed by atoms with Crippen LogP contribution in [-0.4, -0.2) is 19.4 Å². The molecule has 18 heavy (non-hydrogen) atoms. The first-order valence-corrected chi connectivity index (χ1v) is 6.45. The molecule has 0 N–H and O–H groups in total. The Morgan fingerprint density at radius 3 is 2.72 bits per heavy atom. The molecule has 0 fully saturated rings. The van der Waals surface area contributed by atoms with Crippen LogP contribution in [0.3, 0.4) is 0 Å². The summed E-state index contributed by atoms with van der Waals surface area (Å²) in [7, 11) is 1.46. The van der Waals surface area contributed by atoms with Gasteiger partial charge in [-0.05, 0) is 34.5 Å². The Labute approximate surface area is 114 Å². The lowest BCUT2D eigenvalue weighted by atomic mass is 10.2. The van der Waals surface area contributed by atoms with Gasteiger partial charge in [-0.3, -0.25) is 9.59 Å². The van der Waals surface area contributed by atoms with Gasteiger partial charge in [0.1, 0.15) is 6.29 Å². The van der Waals surface area contributed by atoms with Gasteiger partial charge in [-0.25, -0.2) is 0 Å². The second-order valence-electron chi connectivity index (χ2n) is 3.73. The first-order valence-electron chi connectivity index (χ1n) is 5.65. The van der Waals surface area contributed by atoms with Gasteiger partial charge in [0, 0.05) is 12.0 Å². The van der Waals surface area contributed by atoms with E-state index in [9.17, 15) is 9.59 Å². The van der Waals surface area contributed by atoms with Crippen LogP contribution in [0, 0.1) is 0 Å². The number of hydrogen-bond acceptors (Lipinski definition) is 4. The molecular formula is C13H15BrO4. The summed E-state index contributed by atoms with van der Waals surface area (Å²) in [6, 6.07) is 3.11. The molecule has 4 nitrogen and oxygen atoms in total. The third-order valence-electron chi connectivity index (χ3n) is 2.34. The summed E-state index contributed by atoms with van der Waals surface area (Å²) in [4.78, 5) is 22.3. The minimum Gasteiger partial charge on any atom is -0.493 e. The highest BCUT2D eigenvalue weighted by molar-refractivity contribution is 9.10. The smallest absolute Gasteiger partial charge is 0.311 e. The Kier molecular flexibility index (Phi) is 5.85. The van der Waals surface area contributed by atoms with E-state index in [0.29, 0.717) is 34.2 Å². The van der Waals surface area contributed by atoms with Crippen LogP contribution in [0.1, 0.15) is 36.5 Å². The van der Waals surface area contributed by atoms with Crippen LogP contribution in [0.5, 0.6) is 11.5 Å². The van der Waals surface area contributed by atoms with E-state index in [-0.39, 0.29) is 5.97 Å². The van der Waals surface area contributed by atoms with Gasteiger partial charge in [-0.2, -0.15) is 0 Å². The maximum atomic E-state index is 11.6. The Morgan fingerprint density at radius 2 is 2.17 bits per heavy atom. The number of benzene rings is 1. The molecule has 0 bridgehead atoms. The molecule has 0 amide bonds. The van der Waals surface area contributed by atoms with Gasteiger partial charge in [0.2, 0.25) is 0 Å². The van der Waals surface area contributed by atoms with Crippen LogP contribution < -0.4 is 9.47 Å². The average Bonchev–Trinajstić information content (AvgIpc) is 2.38. The first kappa shape index (κ1) is 14.7. The lowest BCUT2D eigenvalue weighted by Crippen LogP contribution is -2.09. The van der Waals surface area contributed by atoms with E-state index in [1.165, 1.54) is 13.2 Å². The zero-order valence-electron chi connectivity index (χ0n) is 10.4. The SMILES string of the molecule is CCCCC(=O)Oc1c(Br)cc(C=O)cc1OC. The summed E-state index contributed by atoms with van der Waals surface area (Å²) in [5.41, 5.74) is 0.451. The van der Waals surface area contributed by atoms with Crippen molar-refractivity contribution in [2.45, 2.75) is 26.2 Å². The number of ether oxygens (including phenoxy) is 2. The zero-order chi connectivity index (χ0) is 13.5. The second kappa shape index (κ2) is 7.16. The molecule has 0 heterocycles. The topological polar surface area (TPSA) is 52.6 Å². The van der Waals surface area contributed by atoms with Gasteiger partial charge in [0.05, 0.1) is 11.6 Å². The number of rotatable bonds is 6. The second-order valence-corrected chi connectivity index (χ2v) is 4.58. The minimum atomic E-state index is -0.310. The van der Waals surface area contributed by atoms with Gasteiger partial charge >= 0.3 is 5.97 Å². The van der Waals surface area contributed by atoms with E-state index in [4.69, 9.17) is 9.47 Å². The van der Waals surface area contributed by atoms with Crippen molar-refractivity contribution in [1.82, 2.24) is 0 Å². The maximum absolute atomic E-state index is 11.6. The lowest BCUT2D eigenvalue weighted by Gasteiger charge is -2.11. The van der Waals surface area contributed by atoms with Crippen LogP contribution in [0.2, 0.25) is 0 Å². The fraction of sp³-hybridized carbons (Fsp3) is 0.385. The van der Waals surface area contributed by atoms with Crippen LogP contribution >= 0.6 is 15.9 Å². The molecule has 0 atom stereocenters. The van der Waals surface area contributed by atoms with Crippen LogP contribution in [-0.2, 0) is 4.79 Å². The molecule has 98 valence electrons. The molecule has 0 aliphatic carbocycles. The molecular weight excluding hydrogens is 300 g/mol. The third kappa shape index (κ3) is 3.84. The monoisotopic (exact) mass is 314 g/mol. The molecule has 0 aliphatic rings. The predicted octanol–water partition coefficient (Wildman–Crippen LogP) is 3.37. The molecule has 0 unspecified atom stereocenters. The van der Waals surface area contributed by atoms with Gasteiger partial charge < -0.3 is 9.47 Å². The minimum absolute atomic E-state index is 0.309. The molecule has 0 saturated heterocycles. The summed E-state index contributed by atoms with van der Waals surface area (Å²) in [6.07, 6.45) is 2.78. The van der Waals surface area contributed by atoms with E-state index in [0.717, 1.165) is 12.8 Å². The van der Waals surface area contributed by atoms with E-state index >= 15 is 0 Å². The molecule has 0 aromatic heterocycles. The molecule has 5 heteroatoms. The van der Waals surface area contributed by atoms with Crippen molar-refractivity contribution in [3.63, 3.8) is 0 Å². The third-order valence-corrected chi connectivity index (χ3v) is 2.93. The molecule has 1 rings (SSSR count).